The van der Waals surface area contributed by atoms with E-state index >= 15 is 0 Å². The van der Waals surface area contributed by atoms with Crippen molar-refractivity contribution in [3.8, 4) is 17.2 Å². The summed E-state index contributed by atoms with van der Waals surface area (Å²) in [5, 5.41) is 0. The normalized spacial score (nSPS) is 11.6. The number of aromatic nitrogens is 1. The molecule has 0 radical (unpaired) electrons. The second-order valence-corrected chi connectivity index (χ2v) is 6.89. The van der Waals surface area contributed by atoms with Crippen LogP contribution in [0.15, 0.2) is 41.4 Å². The number of hydrogen-bond acceptors (Lipinski definition) is 5. The van der Waals surface area contributed by atoms with Gasteiger partial charge < -0.3 is 18.8 Å². The van der Waals surface area contributed by atoms with Crippen LogP contribution in [0, 0.1) is 0 Å². The maximum absolute atomic E-state index is 12.4. The second kappa shape index (κ2) is 8.26. The molecule has 6 nitrogen and oxygen atoms in total. The Labute approximate surface area is 161 Å². The monoisotopic (exact) mass is 386 g/mol. The molecule has 0 unspecified atom stereocenters. The molecule has 0 aliphatic rings. The fraction of sp³-hybridized carbons (Fsp3) is 0.300. The van der Waals surface area contributed by atoms with Crippen LogP contribution in [0.2, 0.25) is 0 Å². The fourth-order valence-electron chi connectivity index (χ4n) is 2.75. The first-order chi connectivity index (χ1) is 13.0. The summed E-state index contributed by atoms with van der Waals surface area (Å²) in [4.78, 5) is 17.3. The highest BCUT2D eigenvalue weighted by atomic mass is 32.1. The molecule has 27 heavy (non-hydrogen) atoms. The number of carbonyl (C=O) groups is 1. The molecule has 142 valence electrons. The summed E-state index contributed by atoms with van der Waals surface area (Å²) in [5.41, 5.74) is 1.84. The first-order valence-corrected chi connectivity index (χ1v) is 9.38. The van der Waals surface area contributed by atoms with Crippen molar-refractivity contribution < 1.29 is 19.0 Å². The Morgan fingerprint density at radius 1 is 1.11 bits per heavy atom. The van der Waals surface area contributed by atoms with Gasteiger partial charge in [0.2, 0.25) is 0 Å². The summed E-state index contributed by atoms with van der Waals surface area (Å²) < 4.78 is 19.0. The molecule has 1 aromatic heterocycles. The molecule has 0 bridgehead atoms. The van der Waals surface area contributed by atoms with Gasteiger partial charge in [-0.2, -0.15) is 4.99 Å². The third kappa shape index (κ3) is 4.14. The molecule has 7 heteroatoms. The number of ether oxygens (including phenoxy) is 3. The van der Waals surface area contributed by atoms with E-state index < -0.39 is 0 Å². The lowest BCUT2D eigenvalue weighted by Crippen LogP contribution is -2.14. The number of fused-ring (bicyclic) bond motifs is 1. The Bertz CT molecular complexity index is 1020. The molecular weight excluding hydrogens is 364 g/mol. The van der Waals surface area contributed by atoms with E-state index in [0.717, 1.165) is 21.5 Å². The Morgan fingerprint density at radius 2 is 1.78 bits per heavy atom. The first-order valence-electron chi connectivity index (χ1n) is 8.56. The Balaban J connectivity index is 1.88. The van der Waals surface area contributed by atoms with E-state index in [2.05, 4.69) is 4.99 Å². The van der Waals surface area contributed by atoms with Crippen LogP contribution in [0.3, 0.4) is 0 Å². The molecule has 0 N–H and O–H groups in total. The molecule has 0 aliphatic heterocycles. The van der Waals surface area contributed by atoms with Crippen molar-refractivity contribution in [3.05, 3.63) is 46.8 Å². The quantitative estimate of drug-likeness (QED) is 0.652. The molecule has 3 rings (SSSR count). The lowest BCUT2D eigenvalue weighted by atomic mass is 10.1. The minimum Gasteiger partial charge on any atom is -0.494 e. The van der Waals surface area contributed by atoms with Gasteiger partial charge in [-0.15, -0.1) is 0 Å². The van der Waals surface area contributed by atoms with Crippen molar-refractivity contribution in [1.82, 2.24) is 4.57 Å². The number of benzene rings is 2. The lowest BCUT2D eigenvalue weighted by Gasteiger charge is -2.07. The summed E-state index contributed by atoms with van der Waals surface area (Å²) >= 11 is 1.44. The number of hydrogen-bond donors (Lipinski definition) is 0. The number of nitrogens with zero attached hydrogens (tertiary/aromatic N) is 2. The molecule has 0 aliphatic carbocycles. The third-order valence-electron chi connectivity index (χ3n) is 4.12. The molecule has 0 saturated heterocycles. The van der Waals surface area contributed by atoms with E-state index in [-0.39, 0.29) is 12.3 Å². The minimum atomic E-state index is -0.194. The number of amides is 1. The number of methoxy groups -OCH3 is 2. The number of aryl methyl sites for hydroxylation is 1. The van der Waals surface area contributed by atoms with Gasteiger partial charge in [0.05, 0.1) is 37.5 Å². The molecule has 1 amide bonds. The average Bonchev–Trinajstić information content (AvgIpc) is 2.97. The van der Waals surface area contributed by atoms with Crippen molar-refractivity contribution in [2.24, 2.45) is 12.0 Å². The topological polar surface area (TPSA) is 62.1 Å². The Morgan fingerprint density at radius 3 is 2.41 bits per heavy atom. The lowest BCUT2D eigenvalue weighted by molar-refractivity contribution is -0.117. The van der Waals surface area contributed by atoms with E-state index in [9.17, 15) is 4.79 Å². The molecule has 3 aromatic rings. The predicted molar refractivity (Wildman–Crippen MR) is 106 cm³/mol. The van der Waals surface area contributed by atoms with Gasteiger partial charge in [-0.05, 0) is 24.6 Å². The molecule has 2 aromatic carbocycles. The molecule has 0 atom stereocenters. The molecular formula is C20H22N2O4S. The largest absolute Gasteiger partial charge is 0.494 e. The van der Waals surface area contributed by atoms with Crippen molar-refractivity contribution in [1.29, 1.82) is 0 Å². The maximum Gasteiger partial charge on any atom is 0.252 e. The van der Waals surface area contributed by atoms with Crippen molar-refractivity contribution in [2.45, 2.75) is 13.3 Å². The Kier molecular flexibility index (Phi) is 5.81. The third-order valence-corrected chi connectivity index (χ3v) is 5.22. The van der Waals surface area contributed by atoms with Crippen LogP contribution in [0.5, 0.6) is 17.2 Å². The highest BCUT2D eigenvalue weighted by Crippen LogP contribution is 2.33. The van der Waals surface area contributed by atoms with Crippen LogP contribution in [0.1, 0.15) is 12.5 Å². The minimum absolute atomic E-state index is 0.194. The summed E-state index contributed by atoms with van der Waals surface area (Å²) in [5.74, 6) is 1.90. The molecule has 1 heterocycles. The summed E-state index contributed by atoms with van der Waals surface area (Å²) in [7, 11) is 5.08. The van der Waals surface area contributed by atoms with Crippen molar-refractivity contribution >= 4 is 27.5 Å². The average molecular weight is 386 g/mol. The second-order valence-electron chi connectivity index (χ2n) is 5.88. The van der Waals surface area contributed by atoms with Crippen LogP contribution in [0.25, 0.3) is 10.2 Å². The van der Waals surface area contributed by atoms with Crippen molar-refractivity contribution in [3.63, 3.8) is 0 Å². The van der Waals surface area contributed by atoms with Gasteiger partial charge in [0.1, 0.15) is 5.75 Å². The highest BCUT2D eigenvalue weighted by molar-refractivity contribution is 7.16. The number of thiazole rings is 1. The maximum atomic E-state index is 12.4. The van der Waals surface area contributed by atoms with Crippen LogP contribution in [-0.2, 0) is 18.3 Å². The summed E-state index contributed by atoms with van der Waals surface area (Å²) in [6.45, 7) is 2.55. The van der Waals surface area contributed by atoms with E-state index in [1.807, 2.05) is 54.9 Å². The van der Waals surface area contributed by atoms with Crippen LogP contribution >= 0.6 is 11.3 Å². The van der Waals surface area contributed by atoms with Gasteiger partial charge >= 0.3 is 0 Å². The van der Waals surface area contributed by atoms with Crippen LogP contribution in [0.4, 0.5) is 0 Å². The Hall–Kier alpha value is -2.80. The SMILES string of the molecule is CCOc1ccc(CC(=O)N=c2sc3cc(OC)c(OC)cc3n2C)cc1. The summed E-state index contributed by atoms with van der Waals surface area (Å²) in [6.07, 6.45) is 0.243. The van der Waals surface area contributed by atoms with Gasteiger partial charge in [-0.25, -0.2) is 0 Å². The zero-order valence-corrected chi connectivity index (χ0v) is 16.6. The predicted octanol–water partition coefficient (Wildman–Crippen LogP) is 3.33. The van der Waals surface area contributed by atoms with Crippen LogP contribution < -0.4 is 19.0 Å². The fourth-order valence-corrected chi connectivity index (χ4v) is 3.80. The number of carbonyl (C=O) groups excluding carboxylic acids is 1. The standard InChI is InChI=1S/C20H22N2O4S/c1-5-26-14-8-6-13(7-9-14)10-19(23)21-20-22(2)15-11-16(24-3)17(25-4)12-18(15)27-20/h6-9,11-12H,5,10H2,1-4H3. The molecule has 0 saturated carbocycles. The molecule has 0 spiro atoms. The van der Waals surface area contributed by atoms with Gasteiger partial charge in [0.15, 0.2) is 16.3 Å². The van der Waals surface area contributed by atoms with Gasteiger partial charge in [-0.1, -0.05) is 23.5 Å². The highest BCUT2D eigenvalue weighted by Gasteiger charge is 2.11. The van der Waals surface area contributed by atoms with E-state index in [1.54, 1.807) is 14.2 Å². The zero-order chi connectivity index (χ0) is 19.4. The van der Waals surface area contributed by atoms with Gasteiger partial charge in [0, 0.05) is 19.2 Å². The van der Waals surface area contributed by atoms with Gasteiger partial charge in [-0.3, -0.25) is 4.79 Å². The van der Waals surface area contributed by atoms with Crippen molar-refractivity contribution in [2.75, 3.05) is 20.8 Å². The van der Waals surface area contributed by atoms with Gasteiger partial charge in [0.25, 0.3) is 5.91 Å². The first kappa shape index (κ1) is 19.0. The van der Waals surface area contributed by atoms with E-state index in [4.69, 9.17) is 14.2 Å². The number of rotatable bonds is 6. The zero-order valence-electron chi connectivity index (χ0n) is 15.8. The van der Waals surface area contributed by atoms with E-state index in [1.165, 1.54) is 11.3 Å². The molecule has 0 fully saturated rings. The smallest absolute Gasteiger partial charge is 0.252 e. The van der Waals surface area contributed by atoms with Crippen LogP contribution in [-0.4, -0.2) is 31.3 Å². The van der Waals surface area contributed by atoms with E-state index in [0.29, 0.717) is 22.9 Å². The summed E-state index contributed by atoms with van der Waals surface area (Å²) in [6, 6.07) is 11.3.